The van der Waals surface area contributed by atoms with Crippen LogP contribution in [0.25, 0.3) is 0 Å². The number of rotatable bonds is 3. The van der Waals surface area contributed by atoms with E-state index in [0.717, 1.165) is 50.6 Å². The van der Waals surface area contributed by atoms with Crippen LogP contribution in [0, 0.1) is 17.3 Å². The van der Waals surface area contributed by atoms with Gasteiger partial charge < -0.3 is 10.6 Å². The Bertz CT molecular complexity index is 620. The van der Waals surface area contributed by atoms with Crippen molar-refractivity contribution in [3.8, 4) is 0 Å². The third kappa shape index (κ3) is 2.24. The fourth-order valence-electron chi connectivity index (χ4n) is 6.77. The highest BCUT2D eigenvalue weighted by Crippen LogP contribution is 2.65. The summed E-state index contributed by atoms with van der Waals surface area (Å²) in [6, 6.07) is 11.4. The number of carbonyl (C=O) groups is 1. The molecule has 4 bridgehead atoms. The van der Waals surface area contributed by atoms with E-state index in [1.165, 1.54) is 24.8 Å². The summed E-state index contributed by atoms with van der Waals surface area (Å²) in [4.78, 5) is 13.3. The molecule has 1 heterocycles. The van der Waals surface area contributed by atoms with Crippen molar-refractivity contribution in [2.45, 2.75) is 56.4 Å². The van der Waals surface area contributed by atoms with Crippen LogP contribution in [0.5, 0.6) is 0 Å². The molecule has 5 aliphatic rings. The summed E-state index contributed by atoms with van der Waals surface area (Å²) in [7, 11) is 0. The summed E-state index contributed by atoms with van der Waals surface area (Å²) in [5.41, 5.74) is 1.65. The summed E-state index contributed by atoms with van der Waals surface area (Å²) in [6.07, 6.45) is 8.37. The number of hydrogen-bond acceptors (Lipinski definition) is 2. The van der Waals surface area contributed by atoms with Gasteiger partial charge in [0.25, 0.3) is 0 Å². The zero-order valence-corrected chi connectivity index (χ0v) is 14.4. The van der Waals surface area contributed by atoms with E-state index in [1.54, 1.807) is 0 Å². The molecule has 0 unspecified atom stereocenters. The first-order valence-corrected chi connectivity index (χ1v) is 9.75. The Balaban J connectivity index is 1.46. The van der Waals surface area contributed by atoms with Gasteiger partial charge in [-0.15, -0.1) is 0 Å². The molecule has 6 rings (SSSR count). The fraction of sp³-hybridized carbons (Fsp3) is 0.667. The van der Waals surface area contributed by atoms with Crippen molar-refractivity contribution in [1.82, 2.24) is 10.6 Å². The van der Waals surface area contributed by atoms with Gasteiger partial charge in [0.15, 0.2) is 0 Å². The molecule has 1 saturated heterocycles. The Morgan fingerprint density at radius 3 is 2.50 bits per heavy atom. The second-order valence-corrected chi connectivity index (χ2v) is 9.05. The van der Waals surface area contributed by atoms with Gasteiger partial charge in [0.1, 0.15) is 0 Å². The number of nitrogens with one attached hydrogen (secondary N) is 2. The highest BCUT2D eigenvalue weighted by molar-refractivity contribution is 5.84. The Morgan fingerprint density at radius 2 is 1.83 bits per heavy atom. The van der Waals surface area contributed by atoms with E-state index in [9.17, 15) is 4.79 Å². The molecule has 4 saturated carbocycles. The molecule has 3 nitrogen and oxygen atoms in total. The molecule has 128 valence electrons. The monoisotopic (exact) mass is 324 g/mol. The maximum Gasteiger partial charge on any atom is 0.226 e. The van der Waals surface area contributed by atoms with Gasteiger partial charge in [0.2, 0.25) is 5.91 Å². The molecule has 0 aromatic heterocycles. The average molecular weight is 324 g/mol. The Kier molecular flexibility index (Phi) is 3.31. The molecule has 3 atom stereocenters. The van der Waals surface area contributed by atoms with Crippen LogP contribution in [0.15, 0.2) is 30.3 Å². The van der Waals surface area contributed by atoms with Gasteiger partial charge in [-0.25, -0.2) is 0 Å². The van der Waals surface area contributed by atoms with Crippen LogP contribution < -0.4 is 10.6 Å². The number of amides is 1. The molecule has 0 spiro atoms. The first kappa shape index (κ1) is 14.9. The zero-order valence-electron chi connectivity index (χ0n) is 14.4. The number of carbonyl (C=O) groups excluding carboxylic acids is 1. The standard InChI is InChI=1S/C21H28N2O/c24-19(23-18-6-7-22-13-18)21-11-15-8-16(12-21)10-20(9-15,14-21)17-4-2-1-3-5-17/h1-5,15-16,18,22H,6-14H2,(H,23,24)/t15-,16-,18+,20?,21?/m0/s1. The van der Waals surface area contributed by atoms with Crippen LogP contribution in [-0.4, -0.2) is 25.0 Å². The molecular weight excluding hydrogens is 296 g/mol. The quantitative estimate of drug-likeness (QED) is 0.897. The van der Waals surface area contributed by atoms with Gasteiger partial charge in [0.05, 0.1) is 5.41 Å². The number of hydrogen-bond donors (Lipinski definition) is 2. The van der Waals surface area contributed by atoms with Crippen LogP contribution >= 0.6 is 0 Å². The third-order valence-electron chi connectivity index (χ3n) is 7.32. The SMILES string of the molecule is O=C(N[C@@H]1CCNC1)C12C[C@H]3C[C@H](C1)CC(c1ccccc1)(C3)C2. The van der Waals surface area contributed by atoms with Crippen LogP contribution in [0.4, 0.5) is 0 Å². The minimum Gasteiger partial charge on any atom is -0.352 e. The molecule has 24 heavy (non-hydrogen) atoms. The predicted molar refractivity (Wildman–Crippen MR) is 94.7 cm³/mol. The molecule has 1 amide bonds. The molecule has 2 N–H and O–H groups in total. The van der Waals surface area contributed by atoms with Crippen LogP contribution in [0.1, 0.15) is 50.5 Å². The lowest BCUT2D eigenvalue weighted by Crippen LogP contribution is -2.60. The normalized spacial score (nSPS) is 43.1. The average Bonchev–Trinajstić information content (AvgIpc) is 3.07. The lowest BCUT2D eigenvalue weighted by molar-refractivity contribution is -0.149. The van der Waals surface area contributed by atoms with Crippen molar-refractivity contribution in [2.24, 2.45) is 17.3 Å². The van der Waals surface area contributed by atoms with Crippen molar-refractivity contribution >= 4 is 5.91 Å². The lowest BCUT2D eigenvalue weighted by Gasteiger charge is -2.61. The second-order valence-electron chi connectivity index (χ2n) is 9.05. The van der Waals surface area contributed by atoms with Gasteiger partial charge in [-0.05, 0) is 74.3 Å². The Labute approximate surface area is 144 Å². The molecule has 4 aliphatic carbocycles. The van der Waals surface area contributed by atoms with Crippen molar-refractivity contribution in [1.29, 1.82) is 0 Å². The van der Waals surface area contributed by atoms with E-state index in [0.29, 0.717) is 11.9 Å². The van der Waals surface area contributed by atoms with E-state index < -0.39 is 0 Å². The molecule has 1 aromatic carbocycles. The van der Waals surface area contributed by atoms with E-state index >= 15 is 0 Å². The molecular formula is C21H28N2O. The van der Waals surface area contributed by atoms with E-state index in [-0.39, 0.29) is 10.8 Å². The van der Waals surface area contributed by atoms with Gasteiger partial charge in [-0.2, -0.15) is 0 Å². The van der Waals surface area contributed by atoms with Crippen molar-refractivity contribution in [2.75, 3.05) is 13.1 Å². The fourth-order valence-corrected chi connectivity index (χ4v) is 6.77. The van der Waals surface area contributed by atoms with E-state index in [1.807, 2.05) is 0 Å². The molecule has 5 fully saturated rings. The lowest BCUT2D eigenvalue weighted by atomic mass is 9.42. The number of benzene rings is 1. The van der Waals surface area contributed by atoms with Crippen LogP contribution in [0.2, 0.25) is 0 Å². The Morgan fingerprint density at radius 1 is 1.08 bits per heavy atom. The summed E-state index contributed by atoms with van der Waals surface area (Å²) in [5.74, 6) is 1.86. The van der Waals surface area contributed by atoms with Crippen molar-refractivity contribution in [3.05, 3.63) is 35.9 Å². The summed E-state index contributed by atoms with van der Waals surface area (Å²) >= 11 is 0. The topological polar surface area (TPSA) is 41.1 Å². The molecule has 1 aromatic rings. The van der Waals surface area contributed by atoms with Gasteiger partial charge >= 0.3 is 0 Å². The second kappa shape index (κ2) is 5.32. The van der Waals surface area contributed by atoms with Crippen molar-refractivity contribution in [3.63, 3.8) is 0 Å². The molecule has 0 radical (unpaired) electrons. The summed E-state index contributed by atoms with van der Waals surface area (Å²) in [6.45, 7) is 1.98. The molecule has 3 heteroatoms. The maximum absolute atomic E-state index is 13.3. The molecule has 1 aliphatic heterocycles. The first-order chi connectivity index (χ1) is 11.7. The largest absolute Gasteiger partial charge is 0.352 e. The smallest absolute Gasteiger partial charge is 0.226 e. The Hall–Kier alpha value is -1.35. The minimum atomic E-state index is -0.0947. The van der Waals surface area contributed by atoms with Gasteiger partial charge in [-0.1, -0.05) is 30.3 Å². The van der Waals surface area contributed by atoms with Gasteiger partial charge in [-0.3, -0.25) is 4.79 Å². The van der Waals surface area contributed by atoms with Crippen molar-refractivity contribution < 1.29 is 4.79 Å². The zero-order chi connectivity index (χ0) is 16.2. The third-order valence-corrected chi connectivity index (χ3v) is 7.32. The first-order valence-electron chi connectivity index (χ1n) is 9.75. The highest BCUT2D eigenvalue weighted by atomic mass is 16.2. The van der Waals surface area contributed by atoms with Crippen LogP contribution in [-0.2, 0) is 10.2 Å². The van der Waals surface area contributed by atoms with Crippen LogP contribution in [0.3, 0.4) is 0 Å². The summed E-state index contributed by atoms with van der Waals surface area (Å²) < 4.78 is 0. The maximum atomic E-state index is 13.3. The minimum absolute atomic E-state index is 0.0947. The highest BCUT2D eigenvalue weighted by Gasteiger charge is 2.61. The van der Waals surface area contributed by atoms with E-state index in [4.69, 9.17) is 0 Å². The van der Waals surface area contributed by atoms with Gasteiger partial charge in [0, 0.05) is 12.6 Å². The van der Waals surface area contributed by atoms with E-state index in [2.05, 4.69) is 41.0 Å². The predicted octanol–water partition coefficient (Wildman–Crippen LogP) is 3.00. The summed E-state index contributed by atoms with van der Waals surface area (Å²) in [5, 5.41) is 6.77.